The van der Waals surface area contributed by atoms with Gasteiger partial charge in [0.2, 0.25) is 5.79 Å². The lowest BCUT2D eigenvalue weighted by atomic mass is 10.1. The van der Waals surface area contributed by atoms with Crippen LogP contribution in [0.15, 0.2) is 55.1 Å². The zero-order chi connectivity index (χ0) is 25.8. The number of aromatic nitrogens is 3. The summed E-state index contributed by atoms with van der Waals surface area (Å²) in [6.45, 7) is 9.83. The molecular weight excluding hydrogens is 513 g/mol. The maximum atomic E-state index is 6.54. The van der Waals surface area contributed by atoms with Crippen LogP contribution in [0.1, 0.15) is 25.8 Å². The number of nitrogens with zero attached hydrogens (tertiary/aromatic N) is 5. The molecule has 0 amide bonds. The number of benzene rings is 2. The summed E-state index contributed by atoms with van der Waals surface area (Å²) in [7, 11) is 0. The van der Waals surface area contributed by atoms with E-state index in [4.69, 9.17) is 37.4 Å². The summed E-state index contributed by atoms with van der Waals surface area (Å²) in [6, 6.07) is 14.2. The van der Waals surface area contributed by atoms with Gasteiger partial charge in [0.05, 0.1) is 11.6 Å². The first kappa shape index (κ1) is 26.3. The van der Waals surface area contributed by atoms with Crippen molar-refractivity contribution in [2.45, 2.75) is 44.7 Å². The Labute approximate surface area is 228 Å². The van der Waals surface area contributed by atoms with Crippen LogP contribution in [-0.4, -0.2) is 71.2 Å². The van der Waals surface area contributed by atoms with Gasteiger partial charge in [0.1, 0.15) is 37.7 Å². The van der Waals surface area contributed by atoms with Gasteiger partial charge in [0.25, 0.3) is 0 Å². The molecule has 8 nitrogen and oxygen atoms in total. The summed E-state index contributed by atoms with van der Waals surface area (Å²) in [4.78, 5) is 9.04. The van der Waals surface area contributed by atoms with Gasteiger partial charge >= 0.3 is 0 Å². The van der Waals surface area contributed by atoms with Crippen LogP contribution in [0, 0.1) is 0 Å². The highest BCUT2D eigenvalue weighted by molar-refractivity contribution is 6.35. The Bertz CT molecular complexity index is 1160. The average Bonchev–Trinajstić information content (AvgIpc) is 3.58. The second-order valence-electron chi connectivity index (χ2n) is 9.61. The second kappa shape index (κ2) is 11.6. The van der Waals surface area contributed by atoms with Crippen molar-refractivity contribution in [1.82, 2.24) is 19.7 Å². The summed E-state index contributed by atoms with van der Waals surface area (Å²) in [5.41, 5.74) is 1.91. The molecule has 3 heterocycles. The topological polar surface area (TPSA) is 64.9 Å². The molecule has 1 aromatic heterocycles. The number of anilines is 1. The van der Waals surface area contributed by atoms with Crippen LogP contribution >= 0.6 is 23.2 Å². The quantitative estimate of drug-likeness (QED) is 0.380. The molecule has 0 spiro atoms. The van der Waals surface area contributed by atoms with Crippen LogP contribution in [-0.2, 0) is 21.8 Å². The Morgan fingerprint density at radius 3 is 2.57 bits per heavy atom. The number of halogens is 2. The summed E-state index contributed by atoms with van der Waals surface area (Å²) in [5.74, 6) is -0.325. The first-order chi connectivity index (χ1) is 18.0. The van der Waals surface area contributed by atoms with E-state index >= 15 is 0 Å². The van der Waals surface area contributed by atoms with Crippen LogP contribution in [0.4, 0.5) is 5.69 Å². The molecule has 0 N–H and O–H groups in total. The van der Waals surface area contributed by atoms with Gasteiger partial charge in [-0.1, -0.05) is 36.2 Å². The van der Waals surface area contributed by atoms with Crippen LogP contribution in [0.5, 0.6) is 5.75 Å². The molecule has 2 fully saturated rings. The van der Waals surface area contributed by atoms with E-state index in [1.165, 1.54) is 18.4 Å². The van der Waals surface area contributed by atoms with E-state index in [2.05, 4.69) is 45.9 Å². The number of hydrogen-bond donors (Lipinski definition) is 0. The highest BCUT2D eigenvalue weighted by atomic mass is 35.5. The average molecular weight is 546 g/mol. The normalized spacial score (nSPS) is 23.4. The fourth-order valence-corrected chi connectivity index (χ4v) is 5.46. The zero-order valence-electron chi connectivity index (χ0n) is 21.2. The molecule has 37 heavy (non-hydrogen) atoms. The van der Waals surface area contributed by atoms with Crippen molar-refractivity contribution < 1.29 is 14.2 Å². The maximum Gasteiger partial charge on any atom is 0.217 e. The Balaban J connectivity index is 1.20. The van der Waals surface area contributed by atoms with Gasteiger partial charge in [-0.15, -0.1) is 0 Å². The second-order valence-corrected chi connectivity index (χ2v) is 10.4. The zero-order valence-corrected chi connectivity index (χ0v) is 22.7. The van der Waals surface area contributed by atoms with Gasteiger partial charge in [-0.25, -0.2) is 9.67 Å². The van der Waals surface area contributed by atoms with E-state index in [0.717, 1.165) is 31.9 Å². The van der Waals surface area contributed by atoms with Crippen molar-refractivity contribution in [3.05, 3.63) is 70.7 Å². The molecule has 0 aliphatic carbocycles. The molecule has 2 aromatic carbocycles. The van der Waals surface area contributed by atoms with E-state index in [0.29, 0.717) is 41.4 Å². The van der Waals surface area contributed by atoms with Crippen molar-refractivity contribution in [3.8, 4) is 5.75 Å². The summed E-state index contributed by atoms with van der Waals surface area (Å²) in [6.07, 6.45) is 4.00. The van der Waals surface area contributed by atoms with E-state index in [1.807, 2.05) is 18.2 Å². The largest absolute Gasteiger partial charge is 0.491 e. The van der Waals surface area contributed by atoms with Crippen LogP contribution < -0.4 is 9.64 Å². The van der Waals surface area contributed by atoms with E-state index < -0.39 is 5.79 Å². The standard InChI is InChI=1S/C27H33Cl2N5O3/c1-3-20(2)32-10-12-33(13-11-32)22-5-7-23(8-6-22)35-15-24-16-36-27(37-24,17-34-19-30-18-31-34)25-9-4-21(28)14-26(25)29/h4-9,14,18-20,24H,3,10-13,15-17H2,1-2H3/t20?,24-,27-/m0/s1. The molecule has 3 aromatic rings. The monoisotopic (exact) mass is 545 g/mol. The van der Waals surface area contributed by atoms with Gasteiger partial charge in [-0.2, -0.15) is 5.10 Å². The maximum absolute atomic E-state index is 6.54. The molecule has 198 valence electrons. The molecule has 0 bridgehead atoms. The predicted molar refractivity (Wildman–Crippen MR) is 144 cm³/mol. The Kier molecular flexibility index (Phi) is 8.21. The fraction of sp³-hybridized carbons (Fsp3) is 0.481. The van der Waals surface area contributed by atoms with Crippen LogP contribution in [0.25, 0.3) is 0 Å². The number of piperazine rings is 1. The summed E-state index contributed by atoms with van der Waals surface area (Å²) < 4.78 is 20.4. The van der Waals surface area contributed by atoms with Crippen molar-refractivity contribution in [3.63, 3.8) is 0 Å². The Morgan fingerprint density at radius 1 is 1.11 bits per heavy atom. The van der Waals surface area contributed by atoms with Crippen LogP contribution in [0.3, 0.4) is 0 Å². The minimum Gasteiger partial charge on any atom is -0.491 e. The van der Waals surface area contributed by atoms with Crippen molar-refractivity contribution in [2.75, 3.05) is 44.3 Å². The summed E-state index contributed by atoms with van der Waals surface area (Å²) >= 11 is 12.7. The molecule has 2 aliphatic heterocycles. The third-order valence-corrected chi connectivity index (χ3v) is 7.75. The minimum atomic E-state index is -1.12. The van der Waals surface area contributed by atoms with E-state index in [1.54, 1.807) is 23.1 Å². The van der Waals surface area contributed by atoms with Gasteiger partial charge in [0, 0.05) is 48.5 Å². The molecule has 10 heteroatoms. The number of ether oxygens (including phenoxy) is 3. The molecule has 0 radical (unpaired) electrons. The van der Waals surface area contributed by atoms with E-state index in [9.17, 15) is 0 Å². The minimum absolute atomic E-state index is 0.288. The molecule has 5 rings (SSSR count). The summed E-state index contributed by atoms with van der Waals surface area (Å²) in [5, 5.41) is 5.23. The number of hydrogen-bond acceptors (Lipinski definition) is 7. The lowest BCUT2D eigenvalue weighted by Crippen LogP contribution is -2.49. The molecule has 0 saturated carbocycles. The molecule has 2 saturated heterocycles. The molecule has 3 atom stereocenters. The predicted octanol–water partition coefficient (Wildman–Crippen LogP) is 4.85. The van der Waals surface area contributed by atoms with E-state index in [-0.39, 0.29) is 6.10 Å². The van der Waals surface area contributed by atoms with Crippen molar-refractivity contribution >= 4 is 28.9 Å². The molecular formula is C27H33Cl2N5O3. The smallest absolute Gasteiger partial charge is 0.217 e. The molecule has 1 unspecified atom stereocenters. The first-order valence-corrected chi connectivity index (χ1v) is 13.5. The number of rotatable bonds is 9. The van der Waals surface area contributed by atoms with Crippen molar-refractivity contribution in [1.29, 1.82) is 0 Å². The van der Waals surface area contributed by atoms with Gasteiger partial charge in [-0.05, 0) is 49.7 Å². The fourth-order valence-electron chi connectivity index (χ4n) is 4.90. The third-order valence-electron chi connectivity index (χ3n) is 7.20. The first-order valence-electron chi connectivity index (χ1n) is 12.8. The highest BCUT2D eigenvalue weighted by Crippen LogP contribution is 2.40. The lowest BCUT2D eigenvalue weighted by molar-refractivity contribution is -0.190. The highest BCUT2D eigenvalue weighted by Gasteiger charge is 2.45. The van der Waals surface area contributed by atoms with Gasteiger partial charge in [0.15, 0.2) is 0 Å². The van der Waals surface area contributed by atoms with Gasteiger partial charge < -0.3 is 19.1 Å². The SMILES string of the molecule is CCC(C)N1CCN(c2ccc(OC[C@H]3CO[C@](Cn4cncn4)(c4ccc(Cl)cc4Cl)O3)cc2)CC1. The molecule has 2 aliphatic rings. The van der Waals surface area contributed by atoms with Gasteiger partial charge in [-0.3, -0.25) is 4.90 Å². The third kappa shape index (κ3) is 6.04. The van der Waals surface area contributed by atoms with Crippen molar-refractivity contribution in [2.24, 2.45) is 0 Å². The Morgan fingerprint density at radius 2 is 1.89 bits per heavy atom. The van der Waals surface area contributed by atoms with Crippen LogP contribution in [0.2, 0.25) is 10.0 Å². The lowest BCUT2D eigenvalue weighted by Gasteiger charge is -2.39. The Hall–Kier alpha value is -2.36.